The first-order chi connectivity index (χ1) is 7.81. The second kappa shape index (κ2) is 7.09. The van der Waals surface area contributed by atoms with Crippen LogP contribution in [0.2, 0.25) is 0 Å². The van der Waals surface area contributed by atoms with Crippen molar-refractivity contribution in [1.29, 1.82) is 0 Å². The van der Waals surface area contributed by atoms with Crippen molar-refractivity contribution in [3.63, 3.8) is 0 Å². The topological polar surface area (TPSA) is 34.1 Å². The van der Waals surface area contributed by atoms with E-state index in [1.807, 2.05) is 19.1 Å². The highest BCUT2D eigenvalue weighted by Crippen LogP contribution is 2.21. The molecule has 0 aliphatic rings. The van der Waals surface area contributed by atoms with E-state index in [0.29, 0.717) is 12.5 Å². The van der Waals surface area contributed by atoms with Crippen LogP contribution in [0.25, 0.3) is 0 Å². The number of pyridine rings is 1. The van der Waals surface area contributed by atoms with Crippen LogP contribution >= 0.6 is 0 Å². The third-order valence-corrected chi connectivity index (χ3v) is 2.78. The Morgan fingerprint density at radius 1 is 1.31 bits per heavy atom. The lowest BCUT2D eigenvalue weighted by atomic mass is 10.0. The summed E-state index contributed by atoms with van der Waals surface area (Å²) in [6.07, 6.45) is 4.18. The standard InChI is InChI=1S/C13H22N2O/c1-4-11(5-2)10-15-13-12(16-6-3)8-7-9-14-13/h7-9,11H,4-6,10H2,1-3H3,(H,14,15). The molecule has 90 valence electrons. The van der Waals surface area contributed by atoms with Crippen LogP contribution in [-0.4, -0.2) is 18.1 Å². The molecule has 0 aliphatic heterocycles. The Bertz CT molecular complexity index is 298. The maximum Gasteiger partial charge on any atom is 0.168 e. The van der Waals surface area contributed by atoms with E-state index in [4.69, 9.17) is 4.74 Å². The molecule has 0 unspecified atom stereocenters. The second-order valence-corrected chi connectivity index (χ2v) is 3.85. The van der Waals surface area contributed by atoms with E-state index < -0.39 is 0 Å². The van der Waals surface area contributed by atoms with Gasteiger partial charge in [0.15, 0.2) is 11.6 Å². The van der Waals surface area contributed by atoms with E-state index in [9.17, 15) is 0 Å². The molecule has 0 aliphatic carbocycles. The Morgan fingerprint density at radius 3 is 2.69 bits per heavy atom. The van der Waals surface area contributed by atoms with Crippen molar-refractivity contribution >= 4 is 5.82 Å². The van der Waals surface area contributed by atoms with Crippen molar-refractivity contribution in [3.8, 4) is 5.75 Å². The molecule has 1 rings (SSSR count). The molecule has 0 aromatic carbocycles. The Hall–Kier alpha value is -1.25. The average Bonchev–Trinajstić information content (AvgIpc) is 2.33. The predicted molar refractivity (Wildman–Crippen MR) is 68.0 cm³/mol. The lowest BCUT2D eigenvalue weighted by molar-refractivity contribution is 0.340. The van der Waals surface area contributed by atoms with Crippen LogP contribution in [0.5, 0.6) is 5.75 Å². The van der Waals surface area contributed by atoms with Gasteiger partial charge in [0.2, 0.25) is 0 Å². The van der Waals surface area contributed by atoms with Crippen LogP contribution in [-0.2, 0) is 0 Å². The van der Waals surface area contributed by atoms with E-state index in [0.717, 1.165) is 18.1 Å². The molecule has 1 aromatic rings. The Kier molecular flexibility index (Phi) is 5.68. The Morgan fingerprint density at radius 2 is 2.06 bits per heavy atom. The lowest BCUT2D eigenvalue weighted by Crippen LogP contribution is -2.14. The number of nitrogens with zero attached hydrogens (tertiary/aromatic N) is 1. The zero-order chi connectivity index (χ0) is 11.8. The largest absolute Gasteiger partial charge is 0.490 e. The highest BCUT2D eigenvalue weighted by Gasteiger charge is 2.06. The predicted octanol–water partition coefficient (Wildman–Crippen LogP) is 3.33. The fraction of sp³-hybridized carbons (Fsp3) is 0.615. The zero-order valence-corrected chi connectivity index (χ0v) is 10.5. The van der Waals surface area contributed by atoms with Crippen LogP contribution in [0.3, 0.4) is 0 Å². The molecule has 3 nitrogen and oxygen atoms in total. The summed E-state index contributed by atoms with van der Waals surface area (Å²) in [5, 5.41) is 3.36. The van der Waals surface area contributed by atoms with Gasteiger partial charge in [-0.1, -0.05) is 26.7 Å². The van der Waals surface area contributed by atoms with Gasteiger partial charge in [-0.2, -0.15) is 0 Å². The number of rotatable bonds is 7. The Labute approximate surface area is 98.2 Å². The first-order valence-electron chi connectivity index (χ1n) is 6.13. The minimum Gasteiger partial charge on any atom is -0.490 e. The molecule has 0 bridgehead atoms. The number of aromatic nitrogens is 1. The molecule has 0 spiro atoms. The van der Waals surface area contributed by atoms with Crippen LogP contribution in [0, 0.1) is 5.92 Å². The van der Waals surface area contributed by atoms with Gasteiger partial charge in [0.25, 0.3) is 0 Å². The molecule has 1 N–H and O–H groups in total. The smallest absolute Gasteiger partial charge is 0.168 e. The highest BCUT2D eigenvalue weighted by atomic mass is 16.5. The fourth-order valence-electron chi connectivity index (χ4n) is 1.61. The molecule has 0 saturated heterocycles. The molecule has 1 aromatic heterocycles. The fourth-order valence-corrected chi connectivity index (χ4v) is 1.61. The average molecular weight is 222 g/mol. The first kappa shape index (κ1) is 12.8. The van der Waals surface area contributed by atoms with Crippen molar-refractivity contribution in [2.45, 2.75) is 33.6 Å². The van der Waals surface area contributed by atoms with Gasteiger partial charge in [0, 0.05) is 12.7 Å². The molecule has 16 heavy (non-hydrogen) atoms. The van der Waals surface area contributed by atoms with Gasteiger partial charge in [-0.25, -0.2) is 4.98 Å². The minimum absolute atomic E-state index is 0.672. The van der Waals surface area contributed by atoms with Crippen molar-refractivity contribution < 1.29 is 4.74 Å². The van der Waals surface area contributed by atoms with Gasteiger partial charge in [-0.3, -0.25) is 0 Å². The third kappa shape index (κ3) is 3.72. The van der Waals surface area contributed by atoms with E-state index in [1.165, 1.54) is 12.8 Å². The quantitative estimate of drug-likeness (QED) is 0.768. The van der Waals surface area contributed by atoms with Crippen LogP contribution < -0.4 is 10.1 Å². The molecular weight excluding hydrogens is 200 g/mol. The van der Waals surface area contributed by atoms with E-state index >= 15 is 0 Å². The van der Waals surface area contributed by atoms with Gasteiger partial charge in [-0.15, -0.1) is 0 Å². The van der Waals surface area contributed by atoms with E-state index in [-0.39, 0.29) is 0 Å². The number of anilines is 1. The molecule has 3 heteroatoms. The minimum atomic E-state index is 0.672. The lowest BCUT2D eigenvalue weighted by Gasteiger charge is -2.15. The highest BCUT2D eigenvalue weighted by molar-refractivity contribution is 5.49. The van der Waals surface area contributed by atoms with Crippen LogP contribution in [0.4, 0.5) is 5.82 Å². The summed E-state index contributed by atoms with van der Waals surface area (Å²) in [4.78, 5) is 4.30. The van der Waals surface area contributed by atoms with Gasteiger partial charge in [0.05, 0.1) is 6.61 Å². The summed E-state index contributed by atoms with van der Waals surface area (Å²) in [5.41, 5.74) is 0. The normalized spacial score (nSPS) is 10.5. The van der Waals surface area contributed by atoms with Crippen molar-refractivity contribution in [1.82, 2.24) is 4.98 Å². The number of nitrogens with one attached hydrogen (secondary N) is 1. The van der Waals surface area contributed by atoms with Crippen molar-refractivity contribution in [2.75, 3.05) is 18.5 Å². The molecule has 0 amide bonds. The van der Waals surface area contributed by atoms with E-state index in [2.05, 4.69) is 24.1 Å². The molecule has 0 fully saturated rings. The van der Waals surface area contributed by atoms with Crippen LogP contribution in [0.1, 0.15) is 33.6 Å². The third-order valence-electron chi connectivity index (χ3n) is 2.78. The van der Waals surface area contributed by atoms with Crippen molar-refractivity contribution in [3.05, 3.63) is 18.3 Å². The summed E-state index contributed by atoms with van der Waals surface area (Å²) >= 11 is 0. The Balaban J connectivity index is 2.58. The second-order valence-electron chi connectivity index (χ2n) is 3.85. The van der Waals surface area contributed by atoms with Gasteiger partial charge in [-0.05, 0) is 25.0 Å². The monoisotopic (exact) mass is 222 g/mol. The number of hydrogen-bond acceptors (Lipinski definition) is 3. The maximum atomic E-state index is 5.51. The molecule has 0 saturated carbocycles. The molecule has 0 radical (unpaired) electrons. The summed E-state index contributed by atoms with van der Waals surface area (Å²) in [6, 6.07) is 3.85. The zero-order valence-electron chi connectivity index (χ0n) is 10.5. The maximum absolute atomic E-state index is 5.51. The van der Waals surface area contributed by atoms with Crippen molar-refractivity contribution in [2.24, 2.45) is 5.92 Å². The summed E-state index contributed by atoms with van der Waals surface area (Å²) in [7, 11) is 0. The molecule has 0 atom stereocenters. The first-order valence-corrected chi connectivity index (χ1v) is 6.13. The molecular formula is C13H22N2O. The van der Waals surface area contributed by atoms with Gasteiger partial charge in [0.1, 0.15) is 0 Å². The SMILES string of the molecule is CCOc1cccnc1NCC(CC)CC. The number of ether oxygens (including phenoxy) is 1. The van der Waals surface area contributed by atoms with Gasteiger partial charge < -0.3 is 10.1 Å². The van der Waals surface area contributed by atoms with E-state index in [1.54, 1.807) is 6.20 Å². The number of hydrogen-bond donors (Lipinski definition) is 1. The summed E-state index contributed by atoms with van der Waals surface area (Å²) in [5.74, 6) is 2.41. The molecule has 1 heterocycles. The van der Waals surface area contributed by atoms with Crippen LogP contribution in [0.15, 0.2) is 18.3 Å². The van der Waals surface area contributed by atoms with Gasteiger partial charge >= 0.3 is 0 Å². The summed E-state index contributed by atoms with van der Waals surface area (Å²) < 4.78 is 5.51. The summed E-state index contributed by atoms with van der Waals surface area (Å²) in [6.45, 7) is 8.06.